The van der Waals surface area contributed by atoms with Gasteiger partial charge in [-0.3, -0.25) is 4.79 Å². The maximum atomic E-state index is 12.7. The molecule has 0 spiro atoms. The topological polar surface area (TPSA) is 25.2 Å². The third kappa shape index (κ3) is 3.56. The lowest BCUT2D eigenvalue weighted by atomic mass is 9.82. The van der Waals surface area contributed by atoms with E-state index in [0.29, 0.717) is 11.8 Å². The second kappa shape index (κ2) is 7.38. The molecule has 0 amide bonds. The second-order valence-electron chi connectivity index (χ2n) is 7.39. The smallest absolute Gasteiger partial charge is 0.251 e. The molecule has 3 heterocycles. The lowest BCUT2D eigenvalue weighted by Gasteiger charge is -2.43. The van der Waals surface area contributed by atoms with Crippen LogP contribution in [-0.2, 0) is 6.54 Å². The predicted molar refractivity (Wildman–Crippen MR) is 106 cm³/mol. The number of aromatic nitrogens is 1. The van der Waals surface area contributed by atoms with Crippen molar-refractivity contribution in [2.75, 3.05) is 31.6 Å². The Morgan fingerprint density at radius 3 is 2.72 bits per heavy atom. The largest absolute Gasteiger partial charge is 0.312 e. The number of piperidine rings is 1. The fourth-order valence-corrected chi connectivity index (χ4v) is 4.89. The highest BCUT2D eigenvalue weighted by Crippen LogP contribution is 2.36. The average Bonchev–Trinajstić information content (AvgIpc) is 2.63. The summed E-state index contributed by atoms with van der Waals surface area (Å²) < 4.78 is 2.05. The molecule has 2 aromatic rings. The van der Waals surface area contributed by atoms with Gasteiger partial charge in [-0.1, -0.05) is 30.3 Å². The zero-order valence-corrected chi connectivity index (χ0v) is 15.7. The monoisotopic (exact) mass is 354 g/mol. The summed E-state index contributed by atoms with van der Waals surface area (Å²) in [4.78, 5) is 15.4. The summed E-state index contributed by atoms with van der Waals surface area (Å²) in [6.45, 7) is 4.33. The van der Waals surface area contributed by atoms with Crippen molar-refractivity contribution in [2.24, 2.45) is 5.92 Å². The fraction of sp³-hybridized carbons (Fsp3) is 0.476. The normalized spacial score (nSPS) is 22.6. The maximum Gasteiger partial charge on any atom is 0.251 e. The van der Waals surface area contributed by atoms with Gasteiger partial charge in [-0.2, -0.15) is 11.8 Å². The van der Waals surface area contributed by atoms with Crippen LogP contribution >= 0.6 is 11.8 Å². The average molecular weight is 355 g/mol. The number of thioether (sulfide) groups is 1. The molecule has 0 saturated carbocycles. The van der Waals surface area contributed by atoms with E-state index in [-0.39, 0.29) is 5.56 Å². The van der Waals surface area contributed by atoms with Gasteiger partial charge in [-0.15, -0.1) is 0 Å². The first-order chi connectivity index (χ1) is 12.2. The van der Waals surface area contributed by atoms with Crippen LogP contribution in [0.25, 0.3) is 11.1 Å². The molecule has 2 bridgehead atoms. The summed E-state index contributed by atoms with van der Waals surface area (Å²) in [6, 6.07) is 14.4. The van der Waals surface area contributed by atoms with Gasteiger partial charge in [0.05, 0.1) is 0 Å². The molecule has 1 aromatic carbocycles. The zero-order valence-electron chi connectivity index (χ0n) is 14.9. The van der Waals surface area contributed by atoms with E-state index in [2.05, 4.69) is 29.4 Å². The van der Waals surface area contributed by atoms with Gasteiger partial charge in [0.25, 0.3) is 5.56 Å². The van der Waals surface area contributed by atoms with Crippen LogP contribution in [0.15, 0.2) is 47.3 Å². The van der Waals surface area contributed by atoms with Gasteiger partial charge in [-0.25, -0.2) is 0 Å². The molecule has 3 nitrogen and oxygen atoms in total. The van der Waals surface area contributed by atoms with Crippen LogP contribution in [-0.4, -0.2) is 41.1 Å². The number of fused-ring (bicyclic) bond motifs is 4. The molecule has 25 heavy (non-hydrogen) atoms. The molecule has 132 valence electrons. The first kappa shape index (κ1) is 16.9. The number of hydrogen-bond donors (Lipinski definition) is 0. The standard InChI is InChI=1S/C21H26N2OS/c1-25-9-5-8-22-13-16-10-19(15-22)20-11-18(12-21(24)23(20)14-16)17-6-3-2-4-7-17/h2-4,6-7,11-12,16,19H,5,8-10,13-15H2,1H3/t16-,19+/m0/s1. The Morgan fingerprint density at radius 1 is 1.08 bits per heavy atom. The van der Waals surface area contributed by atoms with Crippen molar-refractivity contribution in [1.82, 2.24) is 9.47 Å². The molecular formula is C21H26N2OS. The van der Waals surface area contributed by atoms with E-state index in [1.807, 2.05) is 40.6 Å². The molecule has 2 atom stereocenters. The van der Waals surface area contributed by atoms with Crippen molar-refractivity contribution in [3.8, 4) is 11.1 Å². The van der Waals surface area contributed by atoms with Gasteiger partial charge in [-0.05, 0) is 54.5 Å². The Kier molecular flexibility index (Phi) is 5.00. The Labute approximate surface area is 154 Å². The number of hydrogen-bond acceptors (Lipinski definition) is 3. The fourth-order valence-electron chi connectivity index (χ4n) is 4.47. The third-order valence-corrected chi connectivity index (χ3v) is 6.26. The van der Waals surface area contributed by atoms with Crippen LogP contribution in [0.4, 0.5) is 0 Å². The number of rotatable bonds is 5. The molecule has 0 N–H and O–H groups in total. The minimum absolute atomic E-state index is 0.168. The Balaban J connectivity index is 1.62. The summed E-state index contributed by atoms with van der Waals surface area (Å²) in [5.41, 5.74) is 3.62. The minimum atomic E-state index is 0.168. The highest BCUT2D eigenvalue weighted by Gasteiger charge is 2.34. The lowest BCUT2D eigenvalue weighted by molar-refractivity contribution is 0.121. The Hall–Kier alpha value is -1.52. The van der Waals surface area contributed by atoms with E-state index in [1.165, 1.54) is 30.8 Å². The van der Waals surface area contributed by atoms with Crippen LogP contribution in [0.5, 0.6) is 0 Å². The van der Waals surface area contributed by atoms with Gasteiger partial charge < -0.3 is 9.47 Å². The van der Waals surface area contributed by atoms with Crippen LogP contribution in [0, 0.1) is 5.92 Å². The first-order valence-corrected chi connectivity index (χ1v) is 10.7. The number of likely N-dealkylation sites (tertiary alicyclic amines) is 1. The maximum absolute atomic E-state index is 12.7. The van der Waals surface area contributed by atoms with Gasteiger partial charge in [0.15, 0.2) is 0 Å². The molecule has 0 radical (unpaired) electrons. The molecule has 1 aromatic heterocycles. The molecule has 4 rings (SSSR count). The number of benzene rings is 1. The molecule has 4 heteroatoms. The number of pyridine rings is 1. The van der Waals surface area contributed by atoms with E-state index in [9.17, 15) is 4.79 Å². The summed E-state index contributed by atoms with van der Waals surface area (Å²) in [5, 5.41) is 0. The highest BCUT2D eigenvalue weighted by atomic mass is 32.2. The minimum Gasteiger partial charge on any atom is -0.312 e. The lowest BCUT2D eigenvalue weighted by Crippen LogP contribution is -2.47. The van der Waals surface area contributed by atoms with E-state index < -0.39 is 0 Å². The summed E-state index contributed by atoms with van der Waals surface area (Å²) in [6.07, 6.45) is 4.67. The molecule has 0 unspecified atom stereocenters. The zero-order chi connectivity index (χ0) is 17.2. The molecular weight excluding hydrogens is 328 g/mol. The van der Waals surface area contributed by atoms with Gasteiger partial charge >= 0.3 is 0 Å². The van der Waals surface area contributed by atoms with Crippen molar-refractivity contribution in [3.05, 3.63) is 58.5 Å². The van der Waals surface area contributed by atoms with Crippen LogP contribution < -0.4 is 5.56 Å². The molecule has 2 aliphatic heterocycles. The van der Waals surface area contributed by atoms with E-state index in [0.717, 1.165) is 30.8 Å². The third-order valence-electron chi connectivity index (χ3n) is 5.56. The SMILES string of the molecule is CSCCCN1C[C@@H]2C[C@H](C1)c1cc(-c3ccccc3)cc(=O)n1C2. The molecule has 1 fully saturated rings. The van der Waals surface area contributed by atoms with E-state index >= 15 is 0 Å². The van der Waals surface area contributed by atoms with Gasteiger partial charge in [0, 0.05) is 37.3 Å². The van der Waals surface area contributed by atoms with Crippen LogP contribution in [0.2, 0.25) is 0 Å². The summed E-state index contributed by atoms with van der Waals surface area (Å²) >= 11 is 1.93. The predicted octanol–water partition coefficient (Wildman–Crippen LogP) is 3.69. The summed E-state index contributed by atoms with van der Waals surface area (Å²) in [5.74, 6) is 2.36. The van der Waals surface area contributed by atoms with E-state index in [4.69, 9.17) is 0 Å². The Morgan fingerprint density at radius 2 is 1.92 bits per heavy atom. The van der Waals surface area contributed by atoms with Crippen molar-refractivity contribution in [1.29, 1.82) is 0 Å². The van der Waals surface area contributed by atoms with Crippen molar-refractivity contribution in [2.45, 2.75) is 25.3 Å². The van der Waals surface area contributed by atoms with Crippen molar-refractivity contribution < 1.29 is 0 Å². The van der Waals surface area contributed by atoms with Crippen LogP contribution in [0.3, 0.4) is 0 Å². The van der Waals surface area contributed by atoms with Gasteiger partial charge in [0.1, 0.15) is 0 Å². The molecule has 2 aliphatic rings. The van der Waals surface area contributed by atoms with E-state index in [1.54, 1.807) is 0 Å². The quantitative estimate of drug-likeness (QED) is 0.766. The van der Waals surface area contributed by atoms with Crippen molar-refractivity contribution >= 4 is 11.8 Å². The molecule has 1 saturated heterocycles. The Bertz CT molecular complexity index is 786. The van der Waals surface area contributed by atoms with Crippen LogP contribution in [0.1, 0.15) is 24.5 Å². The van der Waals surface area contributed by atoms with Crippen molar-refractivity contribution in [3.63, 3.8) is 0 Å². The molecule has 0 aliphatic carbocycles. The number of nitrogens with zero attached hydrogens (tertiary/aromatic N) is 2. The first-order valence-electron chi connectivity index (χ1n) is 9.26. The summed E-state index contributed by atoms with van der Waals surface area (Å²) in [7, 11) is 0. The van der Waals surface area contributed by atoms with Gasteiger partial charge in [0.2, 0.25) is 0 Å². The highest BCUT2D eigenvalue weighted by molar-refractivity contribution is 7.98. The second-order valence-corrected chi connectivity index (χ2v) is 8.37.